The molecule has 1 aliphatic rings. The van der Waals surface area contributed by atoms with E-state index in [1.54, 1.807) is 7.11 Å². The maximum atomic E-state index is 10.6. The van der Waals surface area contributed by atoms with Gasteiger partial charge in [0.2, 0.25) is 0 Å². The molecule has 3 N–H and O–H groups in total. The third kappa shape index (κ3) is 4.96. The molecule has 0 spiro atoms. The highest BCUT2D eigenvalue weighted by Crippen LogP contribution is 2.16. The Morgan fingerprint density at radius 1 is 1.42 bits per heavy atom. The zero-order chi connectivity index (χ0) is 14.1. The molecule has 19 heavy (non-hydrogen) atoms. The number of hydrogen-bond acceptors (Lipinski definition) is 4. The predicted octanol–water partition coefficient (Wildman–Crippen LogP) is 1.66. The van der Waals surface area contributed by atoms with Gasteiger partial charge in [0.25, 0.3) is 0 Å². The molecule has 0 aliphatic carbocycles. The van der Waals surface area contributed by atoms with E-state index in [0.29, 0.717) is 0 Å². The summed E-state index contributed by atoms with van der Waals surface area (Å²) in [5.74, 6) is 1.01. The van der Waals surface area contributed by atoms with Gasteiger partial charge in [-0.2, -0.15) is 0 Å². The summed E-state index contributed by atoms with van der Waals surface area (Å²) in [6.07, 6.45) is 0.150. The normalized spacial score (nSPS) is 15.1. The molecule has 0 bridgehead atoms. The lowest BCUT2D eigenvalue weighted by Gasteiger charge is -2.10. The largest absolute Gasteiger partial charge is 0.377 e. The van der Waals surface area contributed by atoms with Crippen molar-refractivity contribution in [3.05, 3.63) is 35.4 Å². The van der Waals surface area contributed by atoms with E-state index >= 15 is 0 Å². The number of nitrogens with zero attached hydrogens (tertiary/aromatic N) is 1. The average molecular weight is 267 g/mol. The molecule has 1 aromatic carbocycles. The number of benzene rings is 1. The molecule has 1 aromatic rings. The average Bonchev–Trinajstić information content (AvgIpc) is 3.01. The van der Waals surface area contributed by atoms with Gasteiger partial charge in [-0.25, -0.2) is 4.39 Å². The third-order valence-corrected chi connectivity index (χ3v) is 2.79. The second-order valence-corrected chi connectivity index (χ2v) is 4.13. The van der Waals surface area contributed by atoms with Crippen molar-refractivity contribution >= 4 is 5.84 Å². The van der Waals surface area contributed by atoms with Crippen LogP contribution in [0.4, 0.5) is 4.39 Å². The number of ether oxygens (including phenoxy) is 1. The number of methoxy groups -OCH3 is 1. The Bertz CT molecular complexity index is 390. The summed E-state index contributed by atoms with van der Waals surface area (Å²) in [5, 5.41) is 3.25. The van der Waals surface area contributed by atoms with E-state index in [0.717, 1.165) is 24.5 Å². The van der Waals surface area contributed by atoms with Crippen LogP contribution in [0.25, 0.3) is 0 Å². The van der Waals surface area contributed by atoms with Crippen LogP contribution in [-0.2, 0) is 4.74 Å². The van der Waals surface area contributed by atoms with Crippen LogP contribution >= 0.6 is 0 Å². The summed E-state index contributed by atoms with van der Waals surface area (Å²) in [7, 11) is 1.72. The van der Waals surface area contributed by atoms with E-state index in [1.807, 2.05) is 6.92 Å². The summed E-state index contributed by atoms with van der Waals surface area (Å²) in [6.45, 7) is 3.62. The lowest BCUT2D eigenvalue weighted by atomic mass is 10.1. The van der Waals surface area contributed by atoms with E-state index in [-0.39, 0.29) is 12.6 Å². The van der Waals surface area contributed by atoms with Gasteiger partial charge in [-0.05, 0) is 12.5 Å². The summed E-state index contributed by atoms with van der Waals surface area (Å²) in [4.78, 5) is 4.37. The second-order valence-electron chi connectivity index (χ2n) is 4.13. The zero-order valence-corrected chi connectivity index (χ0v) is 11.5. The zero-order valence-electron chi connectivity index (χ0n) is 11.5. The monoisotopic (exact) mass is 267 g/mol. The number of hydrogen-bond donors (Lipinski definition) is 2. The predicted molar refractivity (Wildman–Crippen MR) is 76.3 cm³/mol. The third-order valence-electron chi connectivity index (χ3n) is 2.79. The SMILES string of the molecule is COC(C)c1ccc(C2=NCCN2)cc1.NCCF. The molecule has 106 valence electrons. The Morgan fingerprint density at radius 3 is 2.47 bits per heavy atom. The van der Waals surface area contributed by atoms with Crippen LogP contribution in [0.3, 0.4) is 0 Å². The van der Waals surface area contributed by atoms with Gasteiger partial charge < -0.3 is 15.8 Å². The molecule has 0 saturated heterocycles. The number of aliphatic imine (C=N–C) groups is 1. The van der Waals surface area contributed by atoms with Crippen LogP contribution in [0.1, 0.15) is 24.2 Å². The smallest absolute Gasteiger partial charge is 0.128 e. The van der Waals surface area contributed by atoms with E-state index in [1.165, 1.54) is 5.56 Å². The van der Waals surface area contributed by atoms with Gasteiger partial charge in [0.05, 0.1) is 12.6 Å². The van der Waals surface area contributed by atoms with Crippen molar-refractivity contribution in [1.29, 1.82) is 0 Å². The summed E-state index contributed by atoms with van der Waals surface area (Å²) >= 11 is 0. The number of halogens is 1. The van der Waals surface area contributed by atoms with Crippen molar-refractivity contribution < 1.29 is 9.13 Å². The van der Waals surface area contributed by atoms with Crippen LogP contribution in [0.5, 0.6) is 0 Å². The Hall–Kier alpha value is -1.46. The summed E-state index contributed by atoms with van der Waals surface area (Å²) < 4.78 is 15.9. The van der Waals surface area contributed by atoms with Crippen molar-refractivity contribution in [3.63, 3.8) is 0 Å². The fourth-order valence-corrected chi connectivity index (χ4v) is 1.64. The van der Waals surface area contributed by atoms with Crippen molar-refractivity contribution in [1.82, 2.24) is 5.32 Å². The van der Waals surface area contributed by atoms with E-state index < -0.39 is 6.67 Å². The second kappa shape index (κ2) is 8.61. The molecule has 1 atom stereocenters. The van der Waals surface area contributed by atoms with Crippen LogP contribution in [-0.4, -0.2) is 39.3 Å². The van der Waals surface area contributed by atoms with Gasteiger partial charge in [0.15, 0.2) is 0 Å². The molecule has 0 aromatic heterocycles. The van der Waals surface area contributed by atoms with Gasteiger partial charge in [-0.3, -0.25) is 4.99 Å². The molecular weight excluding hydrogens is 245 g/mol. The van der Waals surface area contributed by atoms with Gasteiger partial charge in [-0.15, -0.1) is 0 Å². The highest BCUT2D eigenvalue weighted by Gasteiger charge is 2.08. The maximum absolute atomic E-state index is 10.6. The van der Waals surface area contributed by atoms with Crippen molar-refractivity contribution in [2.24, 2.45) is 10.7 Å². The van der Waals surface area contributed by atoms with Crippen molar-refractivity contribution in [2.45, 2.75) is 13.0 Å². The highest BCUT2D eigenvalue weighted by atomic mass is 19.1. The first-order chi connectivity index (χ1) is 9.22. The molecule has 0 saturated carbocycles. The molecule has 1 aliphatic heterocycles. The first-order valence-electron chi connectivity index (χ1n) is 6.40. The van der Waals surface area contributed by atoms with Crippen LogP contribution < -0.4 is 11.1 Å². The van der Waals surface area contributed by atoms with E-state index in [9.17, 15) is 4.39 Å². The van der Waals surface area contributed by atoms with Gasteiger partial charge in [-0.1, -0.05) is 24.3 Å². The molecule has 2 rings (SSSR count). The highest BCUT2D eigenvalue weighted by molar-refractivity contribution is 5.99. The molecule has 1 unspecified atom stereocenters. The maximum Gasteiger partial charge on any atom is 0.128 e. The minimum Gasteiger partial charge on any atom is -0.377 e. The van der Waals surface area contributed by atoms with Crippen molar-refractivity contribution in [3.8, 4) is 0 Å². The summed E-state index contributed by atoms with van der Waals surface area (Å²) in [6, 6.07) is 8.35. The van der Waals surface area contributed by atoms with Crippen LogP contribution in [0.15, 0.2) is 29.3 Å². The minimum atomic E-state index is -0.403. The number of nitrogens with two attached hydrogens (primary N) is 1. The van der Waals surface area contributed by atoms with E-state index in [2.05, 4.69) is 40.3 Å². The Labute approximate surface area is 113 Å². The quantitative estimate of drug-likeness (QED) is 0.872. The number of nitrogens with one attached hydrogen (secondary N) is 1. The van der Waals surface area contributed by atoms with Crippen LogP contribution in [0.2, 0.25) is 0 Å². The van der Waals surface area contributed by atoms with Gasteiger partial charge in [0, 0.05) is 25.8 Å². The first-order valence-corrected chi connectivity index (χ1v) is 6.40. The van der Waals surface area contributed by atoms with Crippen molar-refractivity contribution in [2.75, 3.05) is 33.4 Å². The molecule has 0 radical (unpaired) electrons. The lowest BCUT2D eigenvalue weighted by molar-refractivity contribution is 0.119. The number of amidine groups is 1. The topological polar surface area (TPSA) is 59.6 Å². The fourth-order valence-electron chi connectivity index (χ4n) is 1.64. The van der Waals surface area contributed by atoms with Gasteiger partial charge in [0.1, 0.15) is 12.5 Å². The minimum absolute atomic E-state index is 0.150. The summed E-state index contributed by atoms with van der Waals surface area (Å²) in [5.41, 5.74) is 7.00. The first kappa shape index (κ1) is 15.6. The van der Waals surface area contributed by atoms with E-state index in [4.69, 9.17) is 4.74 Å². The number of alkyl halides is 1. The molecular formula is C14H22FN3O. The molecule has 0 amide bonds. The Balaban J connectivity index is 0.000000399. The Morgan fingerprint density at radius 2 is 2.05 bits per heavy atom. The standard InChI is InChI=1S/C12H16N2O.C2H6FN/c1-9(15-2)10-3-5-11(6-4-10)12-13-7-8-14-12;3-1-2-4/h3-6,9H,7-8H2,1-2H3,(H,13,14);1-2,4H2. The van der Waals surface area contributed by atoms with Gasteiger partial charge >= 0.3 is 0 Å². The molecule has 5 heteroatoms. The lowest BCUT2D eigenvalue weighted by Crippen LogP contribution is -2.19. The number of rotatable bonds is 4. The Kier molecular flexibility index (Phi) is 7.07. The molecule has 4 nitrogen and oxygen atoms in total. The fraction of sp³-hybridized carbons (Fsp3) is 0.500. The van der Waals surface area contributed by atoms with Crippen LogP contribution in [0, 0.1) is 0 Å². The molecule has 0 fully saturated rings. The molecule has 1 heterocycles.